The van der Waals surface area contributed by atoms with Gasteiger partial charge in [0.1, 0.15) is 0 Å². The normalized spacial score (nSPS) is 13.3. The number of amides is 1. The van der Waals surface area contributed by atoms with Gasteiger partial charge in [0.25, 0.3) is 0 Å². The molecule has 0 radical (unpaired) electrons. The predicted molar refractivity (Wildman–Crippen MR) is 294 cm³/mol. The molecule has 0 aliphatic rings. The van der Waals surface area contributed by atoms with Gasteiger partial charge in [-0.05, 0) is 64.2 Å². The molecule has 0 spiro atoms. The first kappa shape index (κ1) is 63.8. The Bertz CT molecular complexity index is 1130. The lowest BCUT2D eigenvalue weighted by atomic mass is 10.0. The van der Waals surface area contributed by atoms with E-state index in [0.717, 1.165) is 57.8 Å². The molecule has 0 fully saturated rings. The first-order valence-corrected chi connectivity index (χ1v) is 29.2. The van der Waals surface area contributed by atoms with Crippen molar-refractivity contribution in [2.24, 2.45) is 0 Å². The minimum atomic E-state index is -0.844. The van der Waals surface area contributed by atoms with Gasteiger partial charge in [-0.25, -0.2) is 0 Å². The second kappa shape index (κ2) is 57.1. The standard InChI is InChI=1S/C62H113NO3/c1-3-5-7-9-11-13-15-17-19-21-23-25-27-29-30-31-32-34-36-38-40-42-44-46-48-50-52-54-56-58-62(66)63-60(59-64)61(65)57-55-53-51-49-47-45-43-41-39-37-35-33-28-26-24-22-20-18-16-14-12-10-8-6-4-2/h5,7,11,13,17,19,23,25,29-30,55,57,60-61,64-65H,3-4,6,8-10,12,14-16,18,20-22,24,26-28,31-54,56,58-59H2,1-2H3,(H,63,66)/b7-5-,13-11-,19-17-,25-23-,30-29-,57-55+. The maximum Gasteiger partial charge on any atom is 0.220 e. The number of allylic oxidation sites excluding steroid dienone is 11. The number of rotatable bonds is 53. The summed E-state index contributed by atoms with van der Waals surface area (Å²) in [6, 6.07) is -0.627. The maximum atomic E-state index is 12.5. The summed E-state index contributed by atoms with van der Waals surface area (Å²) in [6.07, 6.45) is 82.1. The monoisotopic (exact) mass is 920 g/mol. The second-order valence-electron chi connectivity index (χ2n) is 19.7. The minimum absolute atomic E-state index is 0.0644. The molecule has 0 bridgehead atoms. The van der Waals surface area contributed by atoms with Crippen LogP contribution in [0.15, 0.2) is 72.9 Å². The Labute approximate surface area is 412 Å². The van der Waals surface area contributed by atoms with Crippen LogP contribution in [0, 0.1) is 0 Å². The quantitative estimate of drug-likeness (QED) is 0.0421. The van der Waals surface area contributed by atoms with Gasteiger partial charge in [0.2, 0.25) is 5.91 Å². The number of carbonyl (C=O) groups is 1. The molecule has 4 heteroatoms. The summed E-state index contributed by atoms with van der Waals surface area (Å²) < 4.78 is 0. The van der Waals surface area contributed by atoms with Crippen molar-refractivity contribution in [2.45, 2.75) is 309 Å². The van der Waals surface area contributed by atoms with E-state index in [1.807, 2.05) is 6.08 Å². The summed E-state index contributed by atoms with van der Waals surface area (Å²) in [5.41, 5.74) is 0. The molecule has 0 aliphatic heterocycles. The van der Waals surface area contributed by atoms with Crippen LogP contribution < -0.4 is 5.32 Å². The Hall–Kier alpha value is -2.17. The van der Waals surface area contributed by atoms with Crippen LogP contribution >= 0.6 is 0 Å². The van der Waals surface area contributed by atoms with Gasteiger partial charge in [0.15, 0.2) is 0 Å². The first-order valence-electron chi connectivity index (χ1n) is 29.2. The highest BCUT2D eigenvalue weighted by molar-refractivity contribution is 5.76. The van der Waals surface area contributed by atoms with Crippen molar-refractivity contribution in [3.05, 3.63) is 72.9 Å². The Morgan fingerprint density at radius 3 is 1.00 bits per heavy atom. The third-order valence-corrected chi connectivity index (χ3v) is 13.2. The van der Waals surface area contributed by atoms with Gasteiger partial charge in [0.05, 0.1) is 18.8 Å². The highest BCUT2D eigenvalue weighted by Crippen LogP contribution is 2.17. The van der Waals surface area contributed by atoms with Crippen LogP contribution in [0.25, 0.3) is 0 Å². The van der Waals surface area contributed by atoms with E-state index < -0.39 is 12.1 Å². The Morgan fingerprint density at radius 2 is 0.667 bits per heavy atom. The Morgan fingerprint density at radius 1 is 0.379 bits per heavy atom. The van der Waals surface area contributed by atoms with Gasteiger partial charge < -0.3 is 15.5 Å². The molecule has 0 aromatic rings. The molecule has 1 amide bonds. The van der Waals surface area contributed by atoms with Crippen LogP contribution in [0.2, 0.25) is 0 Å². The second-order valence-corrected chi connectivity index (χ2v) is 19.7. The van der Waals surface area contributed by atoms with Crippen molar-refractivity contribution in [3.8, 4) is 0 Å². The van der Waals surface area contributed by atoms with Gasteiger partial charge in [-0.2, -0.15) is 0 Å². The SMILES string of the molecule is CC/C=C\C/C=C\C/C=C\C/C=C\C/C=C\CCCCCCCCCCCCCCCC(=O)NC(CO)C(O)/C=C/CCCCCCCCCCCCCCCCCCCCCCCCC. The van der Waals surface area contributed by atoms with Crippen molar-refractivity contribution in [2.75, 3.05) is 6.61 Å². The van der Waals surface area contributed by atoms with Gasteiger partial charge in [-0.1, -0.05) is 299 Å². The van der Waals surface area contributed by atoms with E-state index in [-0.39, 0.29) is 12.5 Å². The average Bonchev–Trinajstić information content (AvgIpc) is 3.32. The molecule has 0 saturated carbocycles. The summed E-state index contributed by atoms with van der Waals surface area (Å²) >= 11 is 0. The fourth-order valence-electron chi connectivity index (χ4n) is 8.80. The predicted octanol–water partition coefficient (Wildman–Crippen LogP) is 19.4. The number of nitrogens with one attached hydrogen (secondary N) is 1. The molecule has 0 rings (SSSR count). The number of hydrogen-bond donors (Lipinski definition) is 3. The average molecular weight is 921 g/mol. The molecule has 66 heavy (non-hydrogen) atoms. The third kappa shape index (κ3) is 52.8. The summed E-state index contributed by atoms with van der Waals surface area (Å²) in [5.74, 6) is -0.0644. The number of aliphatic hydroxyl groups is 2. The van der Waals surface area contributed by atoms with E-state index in [2.05, 4.69) is 79.9 Å². The fraction of sp³-hybridized carbons (Fsp3) is 0.790. The van der Waals surface area contributed by atoms with Gasteiger partial charge >= 0.3 is 0 Å². The van der Waals surface area contributed by atoms with Crippen LogP contribution in [-0.2, 0) is 4.79 Å². The number of carbonyl (C=O) groups excluding carboxylic acids is 1. The molecule has 0 heterocycles. The van der Waals surface area contributed by atoms with Crippen molar-refractivity contribution < 1.29 is 15.0 Å². The van der Waals surface area contributed by atoms with E-state index in [1.165, 1.54) is 218 Å². The van der Waals surface area contributed by atoms with E-state index in [9.17, 15) is 15.0 Å². The zero-order chi connectivity index (χ0) is 47.7. The van der Waals surface area contributed by atoms with Crippen LogP contribution in [0.4, 0.5) is 0 Å². The molecule has 0 aromatic carbocycles. The van der Waals surface area contributed by atoms with E-state index in [0.29, 0.717) is 6.42 Å². The van der Waals surface area contributed by atoms with Gasteiger partial charge in [-0.3, -0.25) is 4.79 Å². The number of aliphatic hydroxyl groups excluding tert-OH is 2. The smallest absolute Gasteiger partial charge is 0.220 e. The molecule has 2 unspecified atom stereocenters. The number of hydrogen-bond acceptors (Lipinski definition) is 3. The topological polar surface area (TPSA) is 69.6 Å². The summed E-state index contributed by atoms with van der Waals surface area (Å²) in [6.45, 7) is 4.22. The molecule has 0 aromatic heterocycles. The largest absolute Gasteiger partial charge is 0.394 e. The van der Waals surface area contributed by atoms with Gasteiger partial charge in [0, 0.05) is 6.42 Å². The van der Waals surface area contributed by atoms with Crippen LogP contribution in [0.1, 0.15) is 296 Å². The highest BCUT2D eigenvalue weighted by atomic mass is 16.3. The molecular weight excluding hydrogens is 807 g/mol. The van der Waals surface area contributed by atoms with Crippen LogP contribution in [-0.4, -0.2) is 34.9 Å². The number of unbranched alkanes of at least 4 members (excludes halogenated alkanes) is 36. The van der Waals surface area contributed by atoms with Crippen molar-refractivity contribution in [1.82, 2.24) is 5.32 Å². The van der Waals surface area contributed by atoms with Crippen molar-refractivity contribution >= 4 is 5.91 Å². The molecule has 0 aliphatic carbocycles. The minimum Gasteiger partial charge on any atom is -0.394 e. The van der Waals surface area contributed by atoms with E-state index >= 15 is 0 Å². The van der Waals surface area contributed by atoms with Crippen molar-refractivity contribution in [3.63, 3.8) is 0 Å². The highest BCUT2D eigenvalue weighted by Gasteiger charge is 2.18. The molecule has 2 atom stereocenters. The molecule has 3 N–H and O–H groups in total. The maximum absolute atomic E-state index is 12.5. The van der Waals surface area contributed by atoms with Crippen LogP contribution in [0.3, 0.4) is 0 Å². The van der Waals surface area contributed by atoms with E-state index in [4.69, 9.17) is 0 Å². The summed E-state index contributed by atoms with van der Waals surface area (Å²) in [7, 11) is 0. The molecule has 4 nitrogen and oxygen atoms in total. The molecule has 0 saturated heterocycles. The molecular formula is C62H113NO3. The van der Waals surface area contributed by atoms with E-state index in [1.54, 1.807) is 6.08 Å². The molecule has 384 valence electrons. The fourth-order valence-corrected chi connectivity index (χ4v) is 8.80. The Balaban J connectivity index is 3.51. The van der Waals surface area contributed by atoms with Crippen LogP contribution in [0.5, 0.6) is 0 Å². The van der Waals surface area contributed by atoms with Gasteiger partial charge in [-0.15, -0.1) is 0 Å². The summed E-state index contributed by atoms with van der Waals surface area (Å²) in [4.78, 5) is 12.5. The summed E-state index contributed by atoms with van der Waals surface area (Å²) in [5, 5.41) is 23.2. The Kier molecular flexibility index (Phi) is 55.3. The van der Waals surface area contributed by atoms with Crippen molar-refractivity contribution in [1.29, 1.82) is 0 Å². The first-order chi connectivity index (χ1) is 32.7. The lowest BCUT2D eigenvalue weighted by Crippen LogP contribution is -2.45. The zero-order valence-corrected chi connectivity index (χ0v) is 44.2. The zero-order valence-electron chi connectivity index (χ0n) is 44.2. The lowest BCUT2D eigenvalue weighted by molar-refractivity contribution is -0.123. The lowest BCUT2D eigenvalue weighted by Gasteiger charge is -2.20. The third-order valence-electron chi connectivity index (χ3n) is 13.2.